The third-order valence-electron chi connectivity index (χ3n) is 3.07. The number of nitrogens with two attached hydrogens (primary N) is 1. The van der Waals surface area contributed by atoms with Crippen molar-refractivity contribution in [3.05, 3.63) is 40.4 Å². The Balaban J connectivity index is 2.08. The molecule has 0 fully saturated rings. The molecule has 3 heterocycles. The normalized spacial score (nSPS) is 10.8. The Bertz CT molecular complexity index is 897. The van der Waals surface area contributed by atoms with Crippen LogP contribution in [0.25, 0.3) is 11.0 Å². The fraction of sp³-hybridized carbons (Fsp3) is 0.0769. The third kappa shape index (κ3) is 2.46. The van der Waals surface area contributed by atoms with Gasteiger partial charge in [-0.3, -0.25) is 14.3 Å². The monoisotopic (exact) mass is 362 g/mol. The number of aryl methyl sites for hydroxylation is 1. The van der Waals surface area contributed by atoms with E-state index in [1.54, 1.807) is 25.5 Å². The Morgan fingerprint density at radius 2 is 2.18 bits per heavy atom. The lowest BCUT2D eigenvalue weighted by Gasteiger charge is -2.04. The first-order valence-electron chi connectivity index (χ1n) is 6.22. The van der Waals surface area contributed by atoms with Crippen LogP contribution in [0.5, 0.6) is 0 Å². The number of carbonyl (C=O) groups is 2. The number of halogens is 1. The van der Waals surface area contributed by atoms with Crippen molar-refractivity contribution in [3.8, 4) is 0 Å². The summed E-state index contributed by atoms with van der Waals surface area (Å²) in [6.45, 7) is 0. The molecule has 2 amide bonds. The molecule has 0 spiro atoms. The van der Waals surface area contributed by atoms with Crippen LogP contribution in [0.15, 0.2) is 29.1 Å². The zero-order valence-electron chi connectivity index (χ0n) is 11.4. The summed E-state index contributed by atoms with van der Waals surface area (Å²) in [6.07, 6.45) is 4.58. The summed E-state index contributed by atoms with van der Waals surface area (Å²) in [4.78, 5) is 30.8. The Morgan fingerprint density at radius 3 is 2.82 bits per heavy atom. The number of hydrogen-bond donors (Lipinski definition) is 3. The van der Waals surface area contributed by atoms with E-state index in [1.807, 2.05) is 0 Å². The van der Waals surface area contributed by atoms with Crippen LogP contribution >= 0.6 is 15.9 Å². The Morgan fingerprint density at radius 1 is 1.41 bits per heavy atom. The minimum absolute atomic E-state index is 0.0952. The summed E-state index contributed by atoms with van der Waals surface area (Å²) in [6, 6.07) is 1.74. The molecule has 22 heavy (non-hydrogen) atoms. The van der Waals surface area contributed by atoms with Gasteiger partial charge in [-0.15, -0.1) is 0 Å². The number of nitrogens with one attached hydrogen (secondary N) is 2. The molecule has 0 saturated carbocycles. The second kappa shape index (κ2) is 5.26. The van der Waals surface area contributed by atoms with Crippen LogP contribution in [0.3, 0.4) is 0 Å². The van der Waals surface area contributed by atoms with Gasteiger partial charge >= 0.3 is 0 Å². The predicted octanol–water partition coefficient (Wildman–Crippen LogP) is 1.41. The second-order valence-electron chi connectivity index (χ2n) is 4.65. The summed E-state index contributed by atoms with van der Waals surface area (Å²) in [7, 11) is 1.71. The molecule has 0 unspecified atom stereocenters. The number of primary amides is 1. The summed E-state index contributed by atoms with van der Waals surface area (Å²) >= 11 is 3.31. The van der Waals surface area contributed by atoms with Gasteiger partial charge in [0.25, 0.3) is 11.8 Å². The lowest BCUT2D eigenvalue weighted by Crippen LogP contribution is -2.17. The minimum Gasteiger partial charge on any atom is -0.364 e. The van der Waals surface area contributed by atoms with Gasteiger partial charge in [0.15, 0.2) is 0 Å². The highest BCUT2D eigenvalue weighted by Gasteiger charge is 2.20. The van der Waals surface area contributed by atoms with Crippen LogP contribution in [-0.2, 0) is 7.05 Å². The van der Waals surface area contributed by atoms with Gasteiger partial charge in [-0.25, -0.2) is 4.98 Å². The molecule has 0 aliphatic carbocycles. The molecule has 0 aliphatic rings. The number of amides is 2. The molecule has 0 atom stereocenters. The fourth-order valence-corrected chi connectivity index (χ4v) is 2.42. The van der Waals surface area contributed by atoms with E-state index in [2.05, 4.69) is 36.3 Å². The minimum atomic E-state index is -0.685. The smallest absolute Gasteiger partial charge is 0.267 e. The molecule has 112 valence electrons. The van der Waals surface area contributed by atoms with E-state index in [4.69, 9.17) is 5.73 Å². The number of nitrogens with zero attached hydrogens (tertiary/aromatic N) is 3. The number of rotatable bonds is 3. The van der Waals surface area contributed by atoms with E-state index in [9.17, 15) is 9.59 Å². The van der Waals surface area contributed by atoms with Crippen molar-refractivity contribution >= 4 is 44.5 Å². The topological polar surface area (TPSA) is 119 Å². The van der Waals surface area contributed by atoms with E-state index in [0.29, 0.717) is 26.8 Å². The number of H-pyrrole nitrogens is 1. The van der Waals surface area contributed by atoms with Crippen molar-refractivity contribution < 1.29 is 9.59 Å². The van der Waals surface area contributed by atoms with Crippen molar-refractivity contribution in [2.45, 2.75) is 0 Å². The van der Waals surface area contributed by atoms with Gasteiger partial charge in [0.1, 0.15) is 11.3 Å². The molecule has 0 aliphatic heterocycles. The Labute approximate surface area is 132 Å². The van der Waals surface area contributed by atoms with Crippen molar-refractivity contribution in [2.75, 3.05) is 5.32 Å². The first-order valence-corrected chi connectivity index (χ1v) is 7.02. The van der Waals surface area contributed by atoms with Crippen LogP contribution in [-0.4, -0.2) is 31.6 Å². The van der Waals surface area contributed by atoms with Gasteiger partial charge in [-0.05, 0) is 22.0 Å². The summed E-state index contributed by atoms with van der Waals surface area (Å²) in [5.41, 5.74) is 6.58. The first-order chi connectivity index (χ1) is 10.5. The van der Waals surface area contributed by atoms with Gasteiger partial charge in [-0.1, -0.05) is 0 Å². The quantitative estimate of drug-likeness (QED) is 0.652. The maximum atomic E-state index is 12.3. The highest BCUT2D eigenvalue weighted by molar-refractivity contribution is 9.10. The standard InChI is InChI=1S/C13H11BrN6O2/c1-20-5-6(3-17-20)13(22)19-9-8-2-7(14)4-16-12(8)18-10(9)11(15)21/h2-5H,1H3,(H2,15,21)(H,16,18)(H,19,22). The second-order valence-corrected chi connectivity index (χ2v) is 5.56. The number of anilines is 1. The van der Waals surface area contributed by atoms with E-state index >= 15 is 0 Å². The maximum Gasteiger partial charge on any atom is 0.267 e. The molecule has 0 saturated heterocycles. The number of pyridine rings is 1. The van der Waals surface area contributed by atoms with Gasteiger partial charge in [0.05, 0.1) is 17.4 Å². The molecule has 8 nitrogen and oxygen atoms in total. The summed E-state index contributed by atoms with van der Waals surface area (Å²) < 4.78 is 2.23. The number of fused-ring (bicyclic) bond motifs is 1. The Hall–Kier alpha value is -2.68. The van der Waals surface area contributed by atoms with Crippen molar-refractivity contribution in [3.63, 3.8) is 0 Å². The maximum absolute atomic E-state index is 12.3. The first kappa shape index (κ1) is 14.3. The molecular formula is C13H11BrN6O2. The number of aromatic nitrogens is 4. The van der Waals surface area contributed by atoms with Crippen molar-refractivity contribution in [2.24, 2.45) is 12.8 Å². The summed E-state index contributed by atoms with van der Waals surface area (Å²) in [5.74, 6) is -1.08. The molecule has 3 rings (SSSR count). The van der Waals surface area contributed by atoms with Crippen LogP contribution in [0.1, 0.15) is 20.8 Å². The molecule has 4 N–H and O–H groups in total. The average Bonchev–Trinajstić information content (AvgIpc) is 3.03. The molecule has 9 heteroatoms. The fourth-order valence-electron chi connectivity index (χ4n) is 2.08. The lowest BCUT2D eigenvalue weighted by molar-refractivity contribution is 0.0997. The van der Waals surface area contributed by atoms with Gasteiger partial charge in [0.2, 0.25) is 0 Å². The zero-order valence-corrected chi connectivity index (χ0v) is 13.0. The Kier molecular flexibility index (Phi) is 3.41. The van der Waals surface area contributed by atoms with Crippen molar-refractivity contribution in [1.29, 1.82) is 0 Å². The zero-order chi connectivity index (χ0) is 15.9. The molecule has 0 bridgehead atoms. The number of hydrogen-bond acceptors (Lipinski definition) is 4. The predicted molar refractivity (Wildman–Crippen MR) is 83.5 cm³/mol. The van der Waals surface area contributed by atoms with E-state index in [0.717, 1.165) is 0 Å². The molecule has 0 aromatic carbocycles. The SMILES string of the molecule is Cn1cc(C(=O)Nc2c(C(N)=O)[nH]c3ncc(Br)cc23)cn1. The average molecular weight is 363 g/mol. The number of aromatic amines is 1. The highest BCUT2D eigenvalue weighted by Crippen LogP contribution is 2.29. The summed E-state index contributed by atoms with van der Waals surface area (Å²) in [5, 5.41) is 7.21. The van der Waals surface area contributed by atoms with Gasteiger partial charge in [-0.2, -0.15) is 5.10 Å². The molecule has 3 aromatic rings. The molecule has 0 radical (unpaired) electrons. The lowest BCUT2D eigenvalue weighted by atomic mass is 10.2. The molecular weight excluding hydrogens is 352 g/mol. The highest BCUT2D eigenvalue weighted by atomic mass is 79.9. The largest absolute Gasteiger partial charge is 0.364 e. The van der Waals surface area contributed by atoms with Crippen LogP contribution in [0.2, 0.25) is 0 Å². The molecule has 3 aromatic heterocycles. The van der Waals surface area contributed by atoms with Gasteiger partial charge in [0, 0.05) is 29.3 Å². The third-order valence-corrected chi connectivity index (χ3v) is 3.50. The van der Waals surface area contributed by atoms with E-state index < -0.39 is 11.8 Å². The van der Waals surface area contributed by atoms with Crippen LogP contribution < -0.4 is 11.1 Å². The van der Waals surface area contributed by atoms with E-state index in [-0.39, 0.29) is 5.69 Å². The van der Waals surface area contributed by atoms with Crippen LogP contribution in [0, 0.1) is 0 Å². The van der Waals surface area contributed by atoms with E-state index in [1.165, 1.54) is 10.9 Å². The van der Waals surface area contributed by atoms with Gasteiger partial charge < -0.3 is 16.0 Å². The van der Waals surface area contributed by atoms with Crippen molar-refractivity contribution in [1.82, 2.24) is 19.7 Å². The number of carbonyl (C=O) groups excluding carboxylic acids is 2. The van der Waals surface area contributed by atoms with Crippen LogP contribution in [0.4, 0.5) is 5.69 Å².